The Bertz CT molecular complexity index is 644. The second kappa shape index (κ2) is 7.39. The minimum Gasteiger partial charge on any atom is -0.444 e. The number of rotatable bonds is 3. The van der Waals surface area contributed by atoms with Crippen LogP contribution in [0.15, 0.2) is 24.3 Å². The number of nitrogens with zero attached hydrogens (tertiary/aromatic N) is 2. The number of carbonyl (C=O) groups is 2. The zero-order valence-electron chi connectivity index (χ0n) is 15.3. The standard InChI is InChI=1S/C18H25FN2O4/c1-18(2,3)25-17(23)21-14(12-7-6-8-13(19)11-12)9-10-15(21)16(22)20(4)24-5/h6-8,11,14-15H,9-10H2,1-5H3/t14-,15+/m0/s1. The summed E-state index contributed by atoms with van der Waals surface area (Å²) in [5.41, 5.74) is -0.0614. The SMILES string of the molecule is CON(C)C(=O)[C@H]1CC[C@@H](c2cccc(F)c2)N1C(=O)OC(C)(C)C. The van der Waals surface area contributed by atoms with Crippen molar-refractivity contribution in [3.05, 3.63) is 35.6 Å². The number of hydrogen-bond donors (Lipinski definition) is 0. The highest BCUT2D eigenvalue weighted by Crippen LogP contribution is 2.38. The number of hydroxylamine groups is 2. The van der Waals surface area contributed by atoms with E-state index >= 15 is 0 Å². The number of ether oxygens (including phenoxy) is 1. The van der Waals surface area contributed by atoms with Gasteiger partial charge in [-0.1, -0.05) is 12.1 Å². The second-order valence-corrected chi connectivity index (χ2v) is 7.07. The maximum atomic E-state index is 13.6. The van der Waals surface area contributed by atoms with Crippen LogP contribution in [0.4, 0.5) is 9.18 Å². The lowest BCUT2D eigenvalue weighted by Crippen LogP contribution is -2.48. The lowest BCUT2D eigenvalue weighted by Gasteiger charge is -2.33. The molecule has 1 saturated heterocycles. The van der Waals surface area contributed by atoms with E-state index in [1.807, 2.05) is 0 Å². The third kappa shape index (κ3) is 4.48. The summed E-state index contributed by atoms with van der Waals surface area (Å²) in [6.45, 7) is 5.28. The summed E-state index contributed by atoms with van der Waals surface area (Å²) in [5.74, 6) is -0.724. The first kappa shape index (κ1) is 19.2. The largest absolute Gasteiger partial charge is 0.444 e. The molecule has 1 aromatic rings. The van der Waals surface area contributed by atoms with Crippen molar-refractivity contribution >= 4 is 12.0 Å². The molecule has 2 atom stereocenters. The summed E-state index contributed by atoms with van der Waals surface area (Å²) in [7, 11) is 2.87. The number of likely N-dealkylation sites (N-methyl/N-ethyl adjacent to an activating group) is 1. The van der Waals surface area contributed by atoms with Crippen LogP contribution in [-0.2, 0) is 14.4 Å². The fraction of sp³-hybridized carbons (Fsp3) is 0.556. The quantitative estimate of drug-likeness (QED) is 0.783. The van der Waals surface area contributed by atoms with Gasteiger partial charge in [0.1, 0.15) is 17.5 Å². The Morgan fingerprint density at radius 1 is 1.28 bits per heavy atom. The van der Waals surface area contributed by atoms with Crippen molar-refractivity contribution in [2.75, 3.05) is 14.2 Å². The second-order valence-electron chi connectivity index (χ2n) is 7.07. The molecule has 0 spiro atoms. The summed E-state index contributed by atoms with van der Waals surface area (Å²) >= 11 is 0. The smallest absolute Gasteiger partial charge is 0.411 e. The lowest BCUT2D eigenvalue weighted by molar-refractivity contribution is -0.173. The molecule has 2 amide bonds. The van der Waals surface area contributed by atoms with Gasteiger partial charge in [-0.25, -0.2) is 14.2 Å². The molecule has 1 aliphatic rings. The molecule has 0 radical (unpaired) electrons. The number of halogens is 1. The average Bonchev–Trinajstić information content (AvgIpc) is 2.96. The predicted octanol–water partition coefficient (Wildman–Crippen LogP) is 3.29. The Hall–Kier alpha value is -2.15. The van der Waals surface area contributed by atoms with Gasteiger partial charge in [0.2, 0.25) is 0 Å². The molecule has 0 bridgehead atoms. The molecule has 1 aromatic carbocycles. The number of carbonyl (C=O) groups excluding carboxylic acids is 2. The molecule has 0 unspecified atom stereocenters. The van der Waals surface area contributed by atoms with E-state index < -0.39 is 23.8 Å². The summed E-state index contributed by atoms with van der Waals surface area (Å²) in [6.07, 6.45) is 0.394. The van der Waals surface area contributed by atoms with Crippen LogP contribution in [0.3, 0.4) is 0 Å². The summed E-state index contributed by atoms with van der Waals surface area (Å²) in [5, 5.41) is 1.09. The maximum Gasteiger partial charge on any atom is 0.411 e. The van der Waals surface area contributed by atoms with Crippen molar-refractivity contribution in [1.29, 1.82) is 0 Å². The van der Waals surface area contributed by atoms with Crippen LogP contribution in [-0.4, -0.2) is 47.8 Å². The molecule has 2 rings (SSSR count). The van der Waals surface area contributed by atoms with Crippen molar-refractivity contribution < 1.29 is 23.6 Å². The Kier molecular flexibility index (Phi) is 5.67. The van der Waals surface area contributed by atoms with Gasteiger partial charge in [-0.2, -0.15) is 0 Å². The van der Waals surface area contributed by atoms with E-state index in [4.69, 9.17) is 9.57 Å². The third-order valence-corrected chi connectivity index (χ3v) is 4.09. The summed E-state index contributed by atoms with van der Waals surface area (Å²) in [4.78, 5) is 31.7. The minimum atomic E-state index is -0.715. The van der Waals surface area contributed by atoms with Gasteiger partial charge in [-0.05, 0) is 51.3 Å². The van der Waals surface area contributed by atoms with Crippen LogP contribution >= 0.6 is 0 Å². The van der Waals surface area contributed by atoms with E-state index in [2.05, 4.69) is 0 Å². The molecule has 0 aromatic heterocycles. The number of likely N-dealkylation sites (tertiary alicyclic amines) is 1. The molecule has 0 saturated carbocycles. The number of benzene rings is 1. The van der Waals surface area contributed by atoms with Crippen LogP contribution in [0.2, 0.25) is 0 Å². The van der Waals surface area contributed by atoms with Gasteiger partial charge in [0.15, 0.2) is 0 Å². The predicted molar refractivity (Wildman–Crippen MR) is 90.0 cm³/mol. The highest BCUT2D eigenvalue weighted by molar-refractivity contribution is 5.86. The van der Waals surface area contributed by atoms with E-state index in [1.54, 1.807) is 32.9 Å². The monoisotopic (exact) mass is 352 g/mol. The molecule has 0 aliphatic carbocycles. The van der Waals surface area contributed by atoms with Crippen LogP contribution in [0, 0.1) is 5.82 Å². The minimum absolute atomic E-state index is 0.340. The number of hydrogen-bond acceptors (Lipinski definition) is 4. The Balaban J connectivity index is 2.36. The maximum absolute atomic E-state index is 13.6. The Morgan fingerprint density at radius 2 is 1.96 bits per heavy atom. The average molecular weight is 352 g/mol. The lowest BCUT2D eigenvalue weighted by atomic mass is 10.0. The summed E-state index contributed by atoms with van der Waals surface area (Å²) < 4.78 is 19.1. The zero-order chi connectivity index (χ0) is 18.8. The molecule has 6 nitrogen and oxygen atoms in total. The first-order valence-electron chi connectivity index (χ1n) is 8.22. The van der Waals surface area contributed by atoms with E-state index in [0.29, 0.717) is 18.4 Å². The van der Waals surface area contributed by atoms with Gasteiger partial charge in [0.05, 0.1) is 13.2 Å². The van der Waals surface area contributed by atoms with E-state index in [-0.39, 0.29) is 11.7 Å². The Labute approximate surface area is 147 Å². The highest BCUT2D eigenvalue weighted by atomic mass is 19.1. The summed E-state index contributed by atoms with van der Waals surface area (Å²) in [6, 6.07) is 4.93. The fourth-order valence-corrected chi connectivity index (χ4v) is 2.96. The van der Waals surface area contributed by atoms with Crippen molar-refractivity contribution in [2.24, 2.45) is 0 Å². The molecule has 1 fully saturated rings. The third-order valence-electron chi connectivity index (χ3n) is 4.09. The molecular weight excluding hydrogens is 327 g/mol. The first-order chi connectivity index (χ1) is 11.6. The van der Waals surface area contributed by atoms with Crippen LogP contribution in [0.5, 0.6) is 0 Å². The van der Waals surface area contributed by atoms with Crippen molar-refractivity contribution in [2.45, 2.75) is 51.3 Å². The molecule has 7 heteroatoms. The van der Waals surface area contributed by atoms with Gasteiger partial charge < -0.3 is 4.74 Å². The van der Waals surface area contributed by atoms with Gasteiger partial charge in [-0.3, -0.25) is 14.5 Å². The normalized spacial score (nSPS) is 20.5. The van der Waals surface area contributed by atoms with E-state index in [9.17, 15) is 14.0 Å². The van der Waals surface area contributed by atoms with E-state index in [0.717, 1.165) is 5.06 Å². The van der Waals surface area contributed by atoms with Gasteiger partial charge >= 0.3 is 6.09 Å². The zero-order valence-corrected chi connectivity index (χ0v) is 15.3. The molecule has 1 aliphatic heterocycles. The van der Waals surface area contributed by atoms with Gasteiger partial charge in [-0.15, -0.1) is 0 Å². The van der Waals surface area contributed by atoms with Crippen LogP contribution in [0.25, 0.3) is 0 Å². The molecular formula is C18H25FN2O4. The first-order valence-corrected chi connectivity index (χ1v) is 8.22. The van der Waals surface area contributed by atoms with Crippen LogP contribution in [0.1, 0.15) is 45.2 Å². The van der Waals surface area contributed by atoms with Crippen LogP contribution < -0.4 is 0 Å². The fourth-order valence-electron chi connectivity index (χ4n) is 2.96. The van der Waals surface area contributed by atoms with Crippen molar-refractivity contribution in [3.8, 4) is 0 Å². The van der Waals surface area contributed by atoms with Crippen molar-refractivity contribution in [3.63, 3.8) is 0 Å². The molecule has 138 valence electrons. The molecule has 25 heavy (non-hydrogen) atoms. The Morgan fingerprint density at radius 3 is 2.52 bits per heavy atom. The van der Waals surface area contributed by atoms with E-state index in [1.165, 1.54) is 31.2 Å². The van der Waals surface area contributed by atoms with Gasteiger partial charge in [0, 0.05) is 7.05 Å². The van der Waals surface area contributed by atoms with Crippen molar-refractivity contribution in [1.82, 2.24) is 9.96 Å². The molecule has 0 N–H and O–H groups in total. The topological polar surface area (TPSA) is 59.1 Å². The molecule has 1 heterocycles. The highest BCUT2D eigenvalue weighted by Gasteiger charge is 2.44. The van der Waals surface area contributed by atoms with Gasteiger partial charge in [0.25, 0.3) is 5.91 Å². The number of amides is 2.